The zero-order chi connectivity index (χ0) is 20.8. The molecule has 4 saturated carbocycles. The average molecular weight is 408 g/mol. The highest BCUT2D eigenvalue weighted by Gasteiger charge is 2.59. The molecule has 4 aliphatic carbocycles. The number of likely N-dealkylation sites (tertiary alicyclic amines) is 1. The minimum atomic E-state index is -0.434. The van der Waals surface area contributed by atoms with E-state index in [2.05, 4.69) is 5.32 Å². The first-order valence-corrected chi connectivity index (χ1v) is 10.9. The van der Waals surface area contributed by atoms with Crippen LogP contribution < -0.4 is 11.1 Å². The summed E-state index contributed by atoms with van der Waals surface area (Å²) in [6.07, 6.45) is 4.28. The first-order chi connectivity index (χ1) is 13.8. The van der Waals surface area contributed by atoms with Gasteiger partial charge in [0.1, 0.15) is 6.10 Å². The van der Waals surface area contributed by atoms with Crippen molar-refractivity contribution in [3.63, 3.8) is 0 Å². The van der Waals surface area contributed by atoms with Gasteiger partial charge in [0.15, 0.2) is 0 Å². The smallest absolute Gasteiger partial charge is 0.410 e. The van der Waals surface area contributed by atoms with Gasteiger partial charge in [-0.15, -0.1) is 0 Å². The second-order valence-electron chi connectivity index (χ2n) is 10.0. The van der Waals surface area contributed by atoms with Crippen LogP contribution in [-0.2, 0) is 14.3 Å². The average Bonchev–Trinajstić information content (AvgIpc) is 3.10. The lowest BCUT2D eigenvalue weighted by Gasteiger charge is -2.58. The predicted octanol–water partition coefficient (Wildman–Crippen LogP) is 2.26. The zero-order valence-electron chi connectivity index (χ0n) is 17.4. The Morgan fingerprint density at radius 1 is 1.17 bits per heavy atom. The summed E-state index contributed by atoms with van der Waals surface area (Å²) < 4.78 is 11.1. The monoisotopic (exact) mass is 407 g/mol. The van der Waals surface area contributed by atoms with Gasteiger partial charge < -0.3 is 25.4 Å². The molecule has 3 amide bonds. The Labute approximate surface area is 171 Å². The van der Waals surface area contributed by atoms with Crippen molar-refractivity contribution in [2.24, 2.45) is 34.8 Å². The van der Waals surface area contributed by atoms with Gasteiger partial charge >= 0.3 is 12.2 Å². The van der Waals surface area contributed by atoms with Crippen molar-refractivity contribution >= 4 is 18.1 Å². The second-order valence-corrected chi connectivity index (χ2v) is 10.0. The summed E-state index contributed by atoms with van der Waals surface area (Å²) >= 11 is 0. The van der Waals surface area contributed by atoms with Crippen LogP contribution in [0.3, 0.4) is 0 Å². The number of hydrogen-bond acceptors (Lipinski definition) is 5. The number of hydrogen-bond donors (Lipinski definition) is 2. The molecule has 3 atom stereocenters. The van der Waals surface area contributed by atoms with E-state index in [1.165, 1.54) is 0 Å². The van der Waals surface area contributed by atoms with Gasteiger partial charge in [-0.3, -0.25) is 4.79 Å². The van der Waals surface area contributed by atoms with Crippen LogP contribution in [0, 0.1) is 29.1 Å². The van der Waals surface area contributed by atoms with E-state index in [4.69, 9.17) is 15.2 Å². The number of nitrogens with one attached hydrogen (secondary N) is 1. The van der Waals surface area contributed by atoms with Crippen LogP contribution in [0.1, 0.15) is 52.4 Å². The normalized spacial score (nSPS) is 37.6. The molecular weight excluding hydrogens is 374 g/mol. The van der Waals surface area contributed by atoms with Crippen molar-refractivity contribution in [1.82, 2.24) is 10.2 Å². The molecule has 0 aromatic carbocycles. The molecule has 5 aliphatic rings. The van der Waals surface area contributed by atoms with Gasteiger partial charge in [-0.05, 0) is 62.2 Å². The second kappa shape index (κ2) is 7.69. The molecule has 2 unspecified atom stereocenters. The van der Waals surface area contributed by atoms with Crippen molar-refractivity contribution in [2.75, 3.05) is 19.7 Å². The molecule has 0 aromatic heterocycles. The Balaban J connectivity index is 1.29. The number of carbonyl (C=O) groups is 3. The number of amides is 3. The van der Waals surface area contributed by atoms with Crippen LogP contribution in [0.5, 0.6) is 0 Å². The standard InChI is InChI=1S/C21H33N3O5/c1-12(2)11-28-19(26)23-16-3-4-24(10-16)20(27)29-17-14-5-13-6-15(17)9-21(7-13,8-14)18(22)25/h12-17H,3-11H2,1-2H3,(H2,22,25)(H,23,26)/t13?,14?,15?,16-,17?,21?/m1/s1. The molecule has 0 spiro atoms. The summed E-state index contributed by atoms with van der Waals surface area (Å²) in [5, 5.41) is 2.83. The zero-order valence-corrected chi connectivity index (χ0v) is 17.4. The highest BCUT2D eigenvalue weighted by atomic mass is 16.6. The summed E-state index contributed by atoms with van der Waals surface area (Å²) in [7, 11) is 0. The van der Waals surface area contributed by atoms with Gasteiger partial charge in [-0.2, -0.15) is 0 Å². The topological polar surface area (TPSA) is 111 Å². The highest BCUT2D eigenvalue weighted by Crippen LogP contribution is 2.60. The van der Waals surface area contributed by atoms with Crippen molar-refractivity contribution in [1.29, 1.82) is 0 Å². The minimum Gasteiger partial charge on any atom is -0.449 e. The fourth-order valence-corrected chi connectivity index (χ4v) is 6.16. The number of primary amides is 1. The molecule has 0 radical (unpaired) electrons. The molecule has 5 fully saturated rings. The van der Waals surface area contributed by atoms with Gasteiger partial charge in [0.05, 0.1) is 18.1 Å². The van der Waals surface area contributed by atoms with E-state index < -0.39 is 6.09 Å². The van der Waals surface area contributed by atoms with Crippen molar-refractivity contribution in [3.8, 4) is 0 Å². The van der Waals surface area contributed by atoms with Crippen molar-refractivity contribution < 1.29 is 23.9 Å². The molecule has 1 aliphatic heterocycles. The fourth-order valence-electron chi connectivity index (χ4n) is 6.16. The summed E-state index contributed by atoms with van der Waals surface area (Å²) in [6, 6.07) is -0.112. The first kappa shape index (κ1) is 20.3. The molecular formula is C21H33N3O5. The third kappa shape index (κ3) is 4.03. The molecule has 162 valence electrons. The van der Waals surface area contributed by atoms with Crippen LogP contribution in [0.15, 0.2) is 0 Å². The molecule has 5 rings (SSSR count). The highest BCUT2D eigenvalue weighted by molar-refractivity contribution is 5.81. The fraction of sp³-hybridized carbons (Fsp3) is 0.857. The van der Waals surface area contributed by atoms with Crippen molar-refractivity contribution in [2.45, 2.75) is 64.5 Å². The van der Waals surface area contributed by atoms with Crippen LogP contribution in [0.2, 0.25) is 0 Å². The lowest BCUT2D eigenvalue weighted by molar-refractivity contribution is -0.161. The largest absolute Gasteiger partial charge is 0.449 e. The number of rotatable bonds is 5. The third-order valence-electron chi connectivity index (χ3n) is 7.26. The van der Waals surface area contributed by atoms with E-state index >= 15 is 0 Å². The number of nitrogens with two attached hydrogens (primary N) is 1. The molecule has 8 heteroatoms. The molecule has 1 heterocycles. The maximum absolute atomic E-state index is 12.8. The van der Waals surface area contributed by atoms with E-state index in [1.54, 1.807) is 4.90 Å². The maximum Gasteiger partial charge on any atom is 0.410 e. The summed E-state index contributed by atoms with van der Waals surface area (Å²) in [4.78, 5) is 38.3. The Morgan fingerprint density at radius 2 is 1.86 bits per heavy atom. The van der Waals surface area contributed by atoms with E-state index in [0.29, 0.717) is 32.0 Å². The maximum atomic E-state index is 12.8. The molecule has 4 bridgehead atoms. The molecule has 29 heavy (non-hydrogen) atoms. The Morgan fingerprint density at radius 3 is 2.48 bits per heavy atom. The quantitative estimate of drug-likeness (QED) is 0.726. The van der Waals surface area contributed by atoms with Crippen LogP contribution in [0.4, 0.5) is 9.59 Å². The van der Waals surface area contributed by atoms with Gasteiger partial charge in [-0.1, -0.05) is 13.8 Å². The first-order valence-electron chi connectivity index (χ1n) is 10.9. The van der Waals surface area contributed by atoms with Gasteiger partial charge in [0, 0.05) is 13.1 Å². The summed E-state index contributed by atoms with van der Waals surface area (Å²) in [6.45, 7) is 5.34. The van der Waals surface area contributed by atoms with E-state index in [0.717, 1.165) is 32.1 Å². The number of carbonyl (C=O) groups excluding carboxylic acids is 3. The van der Waals surface area contributed by atoms with E-state index in [-0.39, 0.29) is 47.3 Å². The molecule has 3 N–H and O–H groups in total. The Bertz CT molecular complexity index is 665. The number of ether oxygens (including phenoxy) is 2. The Hall–Kier alpha value is -1.99. The van der Waals surface area contributed by atoms with Gasteiger partial charge in [-0.25, -0.2) is 9.59 Å². The summed E-state index contributed by atoms with van der Waals surface area (Å²) in [5.74, 6) is 1.11. The lowest BCUT2D eigenvalue weighted by atomic mass is 9.48. The predicted molar refractivity (Wildman–Crippen MR) is 105 cm³/mol. The Kier molecular flexibility index (Phi) is 5.38. The van der Waals surface area contributed by atoms with Crippen LogP contribution in [-0.4, -0.2) is 54.8 Å². The molecule has 1 saturated heterocycles. The van der Waals surface area contributed by atoms with Crippen LogP contribution in [0.25, 0.3) is 0 Å². The summed E-state index contributed by atoms with van der Waals surface area (Å²) in [5.41, 5.74) is 5.35. The van der Waals surface area contributed by atoms with Gasteiger partial charge in [0.2, 0.25) is 5.91 Å². The number of nitrogens with zero attached hydrogens (tertiary/aromatic N) is 1. The number of alkyl carbamates (subject to hydrolysis) is 1. The van der Waals surface area contributed by atoms with E-state index in [9.17, 15) is 14.4 Å². The van der Waals surface area contributed by atoms with Crippen LogP contribution >= 0.6 is 0 Å². The van der Waals surface area contributed by atoms with Crippen molar-refractivity contribution in [3.05, 3.63) is 0 Å². The molecule has 8 nitrogen and oxygen atoms in total. The van der Waals surface area contributed by atoms with E-state index in [1.807, 2.05) is 13.8 Å². The van der Waals surface area contributed by atoms with Gasteiger partial charge in [0.25, 0.3) is 0 Å². The molecule has 0 aromatic rings. The minimum absolute atomic E-state index is 0.112. The SMILES string of the molecule is CC(C)COC(=O)N[C@@H]1CCN(C(=O)OC2C3CC4CC2CC(C(N)=O)(C4)C3)C1. The third-order valence-corrected chi connectivity index (χ3v) is 7.26. The lowest BCUT2D eigenvalue weighted by Crippen LogP contribution is -2.59.